The highest BCUT2D eigenvalue weighted by atomic mass is 16.7. The van der Waals surface area contributed by atoms with Gasteiger partial charge in [-0.3, -0.25) is 9.59 Å². The van der Waals surface area contributed by atoms with E-state index >= 15 is 0 Å². The Labute approximate surface area is 539 Å². The van der Waals surface area contributed by atoms with Crippen LogP contribution >= 0.6 is 0 Å². The Hall–Kier alpha value is -3.01. The maximum Gasteiger partial charge on any atom is 0.361 e. The molecule has 0 aromatic carbocycles. The zero-order chi connectivity index (χ0) is 63.3. The standard InChI is InChI=1S/C78H143NO8/c1-6-8-10-12-14-16-18-20-22-24-26-28-30-32-34-36-37-38-39-41-42-44-46-48-50-52-54-56-58-60-62-64-66-68-75(80)85-72-74(73-86-78(77(82)83)84-71-70-79(3,4)5)87-76(81)69-67-65-63-61-59-57-55-53-51-49-47-45-43-40-35-33-31-29-27-25-23-21-19-17-15-13-11-9-7-2/h18-21,24-27,31,33,74,78H,6-17,22-23,28-30,32,34-73H2,1-5H3/p+1/b20-18-,21-19-,26-24-,27-25-,33-31-. The van der Waals surface area contributed by atoms with Gasteiger partial charge in [0.25, 0.3) is 6.29 Å². The molecule has 0 aliphatic rings. The molecule has 2 unspecified atom stereocenters. The fraction of sp³-hybridized carbons (Fsp3) is 0.833. The molecule has 0 aromatic rings. The number of hydrogen-bond acceptors (Lipinski definition) is 7. The number of aliphatic carboxylic acids is 1. The second kappa shape index (κ2) is 68.9. The maximum atomic E-state index is 13.0. The Kier molecular flexibility index (Phi) is 66.5. The predicted octanol–water partition coefficient (Wildman–Crippen LogP) is 23.5. The molecular formula is C78H144NO8+. The van der Waals surface area contributed by atoms with Crippen LogP contribution in [0.5, 0.6) is 0 Å². The zero-order valence-corrected chi connectivity index (χ0v) is 58.2. The van der Waals surface area contributed by atoms with Crippen LogP contribution in [-0.4, -0.2) is 87.4 Å². The monoisotopic (exact) mass is 1220 g/mol. The molecule has 9 heteroatoms. The van der Waals surface area contributed by atoms with Gasteiger partial charge in [-0.1, -0.05) is 325 Å². The van der Waals surface area contributed by atoms with E-state index in [1.165, 1.54) is 276 Å². The van der Waals surface area contributed by atoms with E-state index in [1.807, 2.05) is 21.1 Å². The Balaban J connectivity index is 4.04. The molecule has 9 nitrogen and oxygen atoms in total. The van der Waals surface area contributed by atoms with Crippen LogP contribution in [0.15, 0.2) is 60.8 Å². The number of nitrogens with zero attached hydrogens (tertiary/aromatic N) is 1. The van der Waals surface area contributed by atoms with Gasteiger partial charge in [-0.05, 0) is 83.5 Å². The summed E-state index contributed by atoms with van der Waals surface area (Å²) in [6, 6.07) is 0. The molecule has 2 atom stereocenters. The molecule has 0 fully saturated rings. The Bertz CT molecular complexity index is 1610. The average molecular weight is 1220 g/mol. The summed E-state index contributed by atoms with van der Waals surface area (Å²) in [7, 11) is 5.99. The van der Waals surface area contributed by atoms with Gasteiger partial charge in [0, 0.05) is 12.8 Å². The third-order valence-corrected chi connectivity index (χ3v) is 16.7. The Morgan fingerprint density at radius 2 is 0.621 bits per heavy atom. The number of carboxylic acid groups (broad SMARTS) is 1. The number of rotatable bonds is 70. The predicted molar refractivity (Wildman–Crippen MR) is 373 cm³/mol. The van der Waals surface area contributed by atoms with Crippen LogP contribution < -0.4 is 0 Å². The lowest BCUT2D eigenvalue weighted by Crippen LogP contribution is -2.40. The highest BCUT2D eigenvalue weighted by molar-refractivity contribution is 5.71. The van der Waals surface area contributed by atoms with E-state index in [-0.39, 0.29) is 38.2 Å². The number of carbonyl (C=O) groups is 3. The smallest absolute Gasteiger partial charge is 0.361 e. The van der Waals surface area contributed by atoms with Crippen LogP contribution in [0, 0.1) is 0 Å². The number of carboxylic acids is 1. The molecule has 508 valence electrons. The number of carbonyl (C=O) groups excluding carboxylic acids is 2. The van der Waals surface area contributed by atoms with Crippen LogP contribution in [0.3, 0.4) is 0 Å². The van der Waals surface area contributed by atoms with Crippen molar-refractivity contribution in [2.75, 3.05) is 47.5 Å². The van der Waals surface area contributed by atoms with Crippen molar-refractivity contribution in [3.8, 4) is 0 Å². The van der Waals surface area contributed by atoms with Gasteiger partial charge in [-0.2, -0.15) is 0 Å². The van der Waals surface area contributed by atoms with Gasteiger partial charge in [0.15, 0.2) is 6.10 Å². The van der Waals surface area contributed by atoms with Crippen LogP contribution in [0.1, 0.15) is 361 Å². The second-order valence-electron chi connectivity index (χ2n) is 26.6. The fourth-order valence-electron chi connectivity index (χ4n) is 11.0. The van der Waals surface area contributed by atoms with Crippen molar-refractivity contribution >= 4 is 17.9 Å². The average Bonchev–Trinajstić information content (AvgIpc) is 3.57. The molecule has 0 aromatic heterocycles. The first-order valence-electron chi connectivity index (χ1n) is 37.5. The number of likely N-dealkylation sites (N-methyl/N-ethyl adjacent to an activating group) is 1. The first kappa shape index (κ1) is 84.0. The molecular weight excluding hydrogens is 1080 g/mol. The Morgan fingerprint density at radius 3 is 0.920 bits per heavy atom. The molecule has 0 spiro atoms. The summed E-state index contributed by atoms with van der Waals surface area (Å²) in [6.07, 6.45) is 87.8. The fourth-order valence-corrected chi connectivity index (χ4v) is 11.0. The van der Waals surface area contributed by atoms with Crippen molar-refractivity contribution in [1.29, 1.82) is 0 Å². The van der Waals surface area contributed by atoms with Crippen molar-refractivity contribution in [3.63, 3.8) is 0 Å². The van der Waals surface area contributed by atoms with E-state index < -0.39 is 18.4 Å². The van der Waals surface area contributed by atoms with E-state index in [9.17, 15) is 19.5 Å². The van der Waals surface area contributed by atoms with Gasteiger partial charge in [0.05, 0.1) is 34.4 Å². The van der Waals surface area contributed by atoms with Crippen LogP contribution in [0.25, 0.3) is 0 Å². The molecule has 0 saturated heterocycles. The lowest BCUT2D eigenvalue weighted by atomic mass is 10.0. The van der Waals surface area contributed by atoms with E-state index in [1.54, 1.807) is 0 Å². The van der Waals surface area contributed by atoms with Crippen molar-refractivity contribution < 1.29 is 42.9 Å². The van der Waals surface area contributed by atoms with Crippen molar-refractivity contribution in [1.82, 2.24) is 0 Å². The minimum Gasteiger partial charge on any atom is -0.477 e. The first-order valence-corrected chi connectivity index (χ1v) is 37.5. The van der Waals surface area contributed by atoms with Gasteiger partial charge in [0.1, 0.15) is 13.2 Å². The number of unbranched alkanes of at least 4 members (excludes halogenated alkanes) is 45. The summed E-state index contributed by atoms with van der Waals surface area (Å²) in [5.74, 6) is -1.98. The van der Waals surface area contributed by atoms with Gasteiger partial charge in [-0.15, -0.1) is 0 Å². The SMILES string of the molecule is CCCCCCC/C=C\C/C=C\C/C=C\CCCCCCCCCCCCCCCCC(=O)OC(COC(=O)CCCCCCCCCCCCCCCCCCCCCCC/C=C\C/C=C\CCCCCCC)COC(OCC[N+](C)(C)C)C(=O)O. The van der Waals surface area contributed by atoms with E-state index in [2.05, 4.69) is 74.6 Å². The topological polar surface area (TPSA) is 108 Å². The Morgan fingerprint density at radius 1 is 0.345 bits per heavy atom. The maximum absolute atomic E-state index is 13.0. The van der Waals surface area contributed by atoms with Crippen molar-refractivity contribution in [2.45, 2.75) is 373 Å². The van der Waals surface area contributed by atoms with Crippen molar-refractivity contribution in [2.24, 2.45) is 0 Å². The summed E-state index contributed by atoms with van der Waals surface area (Å²) in [5.41, 5.74) is 0. The summed E-state index contributed by atoms with van der Waals surface area (Å²) >= 11 is 0. The molecule has 0 aliphatic carbocycles. The van der Waals surface area contributed by atoms with E-state index in [4.69, 9.17) is 18.9 Å². The normalized spacial score (nSPS) is 13.0. The van der Waals surface area contributed by atoms with Crippen LogP contribution in [0.4, 0.5) is 0 Å². The molecule has 0 bridgehead atoms. The van der Waals surface area contributed by atoms with Gasteiger partial charge < -0.3 is 28.5 Å². The second-order valence-corrected chi connectivity index (χ2v) is 26.6. The summed E-state index contributed by atoms with van der Waals surface area (Å²) < 4.78 is 23.0. The van der Waals surface area contributed by atoms with Crippen LogP contribution in [-0.2, 0) is 33.3 Å². The molecule has 0 rings (SSSR count). The quantitative estimate of drug-likeness (QED) is 0.0211. The molecule has 0 aliphatic heterocycles. The lowest BCUT2D eigenvalue weighted by molar-refractivity contribution is -0.870. The van der Waals surface area contributed by atoms with Crippen molar-refractivity contribution in [3.05, 3.63) is 60.8 Å². The van der Waals surface area contributed by atoms with E-state index in [0.717, 1.165) is 57.8 Å². The van der Waals surface area contributed by atoms with Gasteiger partial charge >= 0.3 is 17.9 Å². The van der Waals surface area contributed by atoms with Gasteiger partial charge in [-0.25, -0.2) is 4.79 Å². The molecule has 1 N–H and O–H groups in total. The molecule has 87 heavy (non-hydrogen) atoms. The van der Waals surface area contributed by atoms with E-state index in [0.29, 0.717) is 17.4 Å². The summed E-state index contributed by atoms with van der Waals surface area (Å²) in [4.78, 5) is 37.7. The summed E-state index contributed by atoms with van der Waals surface area (Å²) in [5, 5.41) is 9.76. The number of hydrogen-bond donors (Lipinski definition) is 1. The third kappa shape index (κ3) is 70.3. The third-order valence-electron chi connectivity index (χ3n) is 16.7. The summed E-state index contributed by atoms with van der Waals surface area (Å²) in [6.45, 7) is 4.91. The van der Waals surface area contributed by atoms with Gasteiger partial charge in [0.2, 0.25) is 0 Å². The largest absolute Gasteiger partial charge is 0.477 e. The highest BCUT2D eigenvalue weighted by Crippen LogP contribution is 2.19. The zero-order valence-electron chi connectivity index (χ0n) is 58.2. The molecule has 0 saturated carbocycles. The number of allylic oxidation sites excluding steroid dienone is 10. The minimum atomic E-state index is -1.51. The lowest BCUT2D eigenvalue weighted by Gasteiger charge is -2.25. The highest BCUT2D eigenvalue weighted by Gasteiger charge is 2.25. The minimum absolute atomic E-state index is 0.179. The number of quaternary nitrogens is 1. The molecule has 0 radical (unpaired) electrons. The number of esters is 2. The first-order chi connectivity index (χ1) is 42.6. The number of ether oxygens (including phenoxy) is 4. The van der Waals surface area contributed by atoms with Crippen LogP contribution in [0.2, 0.25) is 0 Å². The molecule has 0 heterocycles. The molecule has 0 amide bonds.